The molecule has 0 spiro atoms. The van der Waals surface area contributed by atoms with Crippen molar-refractivity contribution >= 4 is 0 Å². The van der Waals surface area contributed by atoms with E-state index in [2.05, 4.69) is 24.2 Å². The number of nitrogens with zero attached hydrogens (tertiary/aromatic N) is 3. The van der Waals surface area contributed by atoms with Crippen molar-refractivity contribution in [3.63, 3.8) is 0 Å². The quantitative estimate of drug-likeness (QED) is 0.676. The van der Waals surface area contributed by atoms with Crippen LogP contribution in [-0.4, -0.2) is 26.1 Å². The molecule has 1 rings (SSSR count). The molecule has 0 saturated heterocycles. The standard InChI is InChI=1S/C8H16N4O/c1-6(2)8(9)4-12-3-7(5-13)10-11-12/h3,6,8,13H,4-5,9H2,1-2H3. The number of aliphatic hydroxyl groups excluding tert-OH is 1. The fourth-order valence-corrected chi connectivity index (χ4v) is 0.927. The molecule has 1 heterocycles. The van der Waals surface area contributed by atoms with Crippen LogP contribution in [0.25, 0.3) is 0 Å². The van der Waals surface area contributed by atoms with Crippen molar-refractivity contribution in [3.05, 3.63) is 11.9 Å². The minimum Gasteiger partial charge on any atom is -0.390 e. The Bertz CT molecular complexity index is 258. The van der Waals surface area contributed by atoms with Crippen LogP contribution in [0.2, 0.25) is 0 Å². The van der Waals surface area contributed by atoms with E-state index in [0.29, 0.717) is 18.2 Å². The van der Waals surface area contributed by atoms with Gasteiger partial charge in [-0.15, -0.1) is 5.10 Å². The average molecular weight is 184 g/mol. The third kappa shape index (κ3) is 2.78. The molecule has 0 aliphatic carbocycles. The zero-order valence-corrected chi connectivity index (χ0v) is 8.01. The van der Waals surface area contributed by atoms with E-state index in [1.165, 1.54) is 0 Å². The molecule has 0 bridgehead atoms. The van der Waals surface area contributed by atoms with Crippen molar-refractivity contribution in [2.75, 3.05) is 0 Å². The van der Waals surface area contributed by atoms with Gasteiger partial charge in [0.05, 0.1) is 19.3 Å². The van der Waals surface area contributed by atoms with Crippen LogP contribution in [0.4, 0.5) is 0 Å². The smallest absolute Gasteiger partial charge is 0.108 e. The molecule has 0 radical (unpaired) electrons. The molecular formula is C8H16N4O. The van der Waals surface area contributed by atoms with Crippen molar-refractivity contribution in [1.82, 2.24) is 15.0 Å². The monoisotopic (exact) mass is 184 g/mol. The van der Waals surface area contributed by atoms with Crippen LogP contribution >= 0.6 is 0 Å². The third-order valence-corrected chi connectivity index (χ3v) is 2.00. The highest BCUT2D eigenvalue weighted by atomic mass is 16.3. The summed E-state index contributed by atoms with van der Waals surface area (Å²) in [6.07, 6.45) is 1.71. The second kappa shape index (κ2) is 4.34. The number of aromatic nitrogens is 3. The molecule has 0 saturated carbocycles. The normalized spacial score (nSPS) is 13.6. The van der Waals surface area contributed by atoms with Gasteiger partial charge in [0.25, 0.3) is 0 Å². The SMILES string of the molecule is CC(C)C(N)Cn1cc(CO)nn1. The van der Waals surface area contributed by atoms with Crippen molar-refractivity contribution in [2.24, 2.45) is 11.7 Å². The Kier molecular flexibility index (Phi) is 3.39. The summed E-state index contributed by atoms with van der Waals surface area (Å²) in [4.78, 5) is 0. The van der Waals surface area contributed by atoms with Gasteiger partial charge in [0.1, 0.15) is 5.69 Å². The molecule has 1 atom stereocenters. The number of nitrogens with two attached hydrogens (primary N) is 1. The molecule has 0 aliphatic heterocycles. The molecule has 1 unspecified atom stereocenters. The molecule has 0 aliphatic rings. The van der Waals surface area contributed by atoms with Crippen molar-refractivity contribution < 1.29 is 5.11 Å². The largest absolute Gasteiger partial charge is 0.390 e. The number of aliphatic hydroxyl groups is 1. The summed E-state index contributed by atoms with van der Waals surface area (Å²) in [5.74, 6) is 0.418. The summed E-state index contributed by atoms with van der Waals surface area (Å²) in [7, 11) is 0. The van der Waals surface area contributed by atoms with E-state index in [0.717, 1.165) is 0 Å². The van der Waals surface area contributed by atoms with E-state index in [1.807, 2.05) is 0 Å². The van der Waals surface area contributed by atoms with E-state index in [4.69, 9.17) is 10.8 Å². The van der Waals surface area contributed by atoms with E-state index in [1.54, 1.807) is 10.9 Å². The zero-order chi connectivity index (χ0) is 9.84. The second-order valence-electron chi connectivity index (χ2n) is 3.50. The third-order valence-electron chi connectivity index (χ3n) is 2.00. The summed E-state index contributed by atoms with van der Waals surface area (Å²) >= 11 is 0. The Balaban J connectivity index is 2.53. The Morgan fingerprint density at radius 3 is 2.77 bits per heavy atom. The Hall–Kier alpha value is -0.940. The highest BCUT2D eigenvalue weighted by Crippen LogP contribution is 2.01. The maximum Gasteiger partial charge on any atom is 0.108 e. The van der Waals surface area contributed by atoms with Gasteiger partial charge in [-0.2, -0.15) is 0 Å². The van der Waals surface area contributed by atoms with Crippen LogP contribution in [0.5, 0.6) is 0 Å². The molecule has 13 heavy (non-hydrogen) atoms. The lowest BCUT2D eigenvalue weighted by Crippen LogP contribution is -2.31. The van der Waals surface area contributed by atoms with Gasteiger partial charge in [0, 0.05) is 6.04 Å². The molecule has 1 aromatic heterocycles. The Morgan fingerprint density at radius 1 is 1.62 bits per heavy atom. The Labute approximate surface area is 77.6 Å². The lowest BCUT2D eigenvalue weighted by Gasteiger charge is -2.14. The molecule has 5 nitrogen and oxygen atoms in total. The van der Waals surface area contributed by atoms with Gasteiger partial charge in [0.2, 0.25) is 0 Å². The van der Waals surface area contributed by atoms with Gasteiger partial charge in [-0.1, -0.05) is 19.1 Å². The Morgan fingerprint density at radius 2 is 2.31 bits per heavy atom. The first kappa shape index (κ1) is 10.1. The van der Waals surface area contributed by atoms with Crippen LogP contribution < -0.4 is 5.73 Å². The summed E-state index contributed by atoms with van der Waals surface area (Å²) in [6, 6.07) is 0.0771. The number of hydrogen-bond donors (Lipinski definition) is 2. The minimum absolute atomic E-state index is 0.0725. The van der Waals surface area contributed by atoms with Gasteiger partial charge < -0.3 is 10.8 Å². The number of rotatable bonds is 4. The minimum atomic E-state index is -0.0725. The van der Waals surface area contributed by atoms with E-state index in [9.17, 15) is 0 Å². The molecule has 3 N–H and O–H groups in total. The van der Waals surface area contributed by atoms with Crippen LogP contribution in [0.15, 0.2) is 6.20 Å². The highest BCUT2D eigenvalue weighted by molar-refractivity contribution is 4.89. The zero-order valence-electron chi connectivity index (χ0n) is 8.01. The fourth-order valence-electron chi connectivity index (χ4n) is 0.927. The predicted octanol–water partition coefficient (Wildman–Crippen LogP) is -0.246. The maximum atomic E-state index is 8.75. The lowest BCUT2D eigenvalue weighted by molar-refractivity contribution is 0.276. The van der Waals surface area contributed by atoms with Gasteiger partial charge in [-0.3, -0.25) is 4.68 Å². The van der Waals surface area contributed by atoms with Gasteiger partial charge in [-0.05, 0) is 5.92 Å². The predicted molar refractivity (Wildman–Crippen MR) is 48.8 cm³/mol. The van der Waals surface area contributed by atoms with Crippen molar-refractivity contribution in [2.45, 2.75) is 33.0 Å². The van der Waals surface area contributed by atoms with Crippen LogP contribution in [-0.2, 0) is 13.2 Å². The summed E-state index contributed by atoms with van der Waals surface area (Å²) in [6.45, 7) is 4.70. The fraction of sp³-hybridized carbons (Fsp3) is 0.750. The van der Waals surface area contributed by atoms with Crippen LogP contribution in [0.1, 0.15) is 19.5 Å². The van der Waals surface area contributed by atoms with E-state index < -0.39 is 0 Å². The summed E-state index contributed by atoms with van der Waals surface area (Å²) < 4.78 is 1.66. The molecule has 1 aromatic rings. The average Bonchev–Trinajstić information content (AvgIpc) is 2.52. The molecule has 0 aromatic carbocycles. The van der Waals surface area contributed by atoms with E-state index >= 15 is 0 Å². The van der Waals surface area contributed by atoms with Gasteiger partial charge in [0.15, 0.2) is 0 Å². The van der Waals surface area contributed by atoms with E-state index in [-0.39, 0.29) is 12.6 Å². The first-order chi connectivity index (χ1) is 6.13. The molecule has 0 fully saturated rings. The second-order valence-corrected chi connectivity index (χ2v) is 3.50. The van der Waals surface area contributed by atoms with Crippen molar-refractivity contribution in [1.29, 1.82) is 0 Å². The van der Waals surface area contributed by atoms with Crippen molar-refractivity contribution in [3.8, 4) is 0 Å². The first-order valence-corrected chi connectivity index (χ1v) is 4.39. The molecule has 5 heteroatoms. The molecule has 74 valence electrons. The van der Waals surface area contributed by atoms with Crippen LogP contribution in [0.3, 0.4) is 0 Å². The molecule has 0 amide bonds. The number of hydrogen-bond acceptors (Lipinski definition) is 4. The van der Waals surface area contributed by atoms with Gasteiger partial charge in [-0.25, -0.2) is 0 Å². The van der Waals surface area contributed by atoms with Gasteiger partial charge >= 0.3 is 0 Å². The molecular weight excluding hydrogens is 168 g/mol. The van der Waals surface area contributed by atoms with Crippen LogP contribution in [0, 0.1) is 5.92 Å². The highest BCUT2D eigenvalue weighted by Gasteiger charge is 2.09. The summed E-state index contributed by atoms with van der Waals surface area (Å²) in [5.41, 5.74) is 6.43. The lowest BCUT2D eigenvalue weighted by atomic mass is 10.1. The summed E-state index contributed by atoms with van der Waals surface area (Å²) in [5, 5.41) is 16.3. The maximum absolute atomic E-state index is 8.75. The first-order valence-electron chi connectivity index (χ1n) is 4.39. The topological polar surface area (TPSA) is 77.0 Å².